The Bertz CT molecular complexity index is 719. The van der Waals surface area contributed by atoms with Gasteiger partial charge in [0, 0.05) is 17.6 Å². The lowest BCUT2D eigenvalue weighted by Gasteiger charge is -2.18. The molecule has 1 atom stereocenters. The summed E-state index contributed by atoms with van der Waals surface area (Å²) in [5.41, 5.74) is 0.886. The Morgan fingerprint density at radius 2 is 1.14 bits per heavy atom. The molecule has 0 aliphatic heterocycles. The summed E-state index contributed by atoms with van der Waals surface area (Å²) in [6.45, 7) is 8.67. The van der Waals surface area contributed by atoms with Gasteiger partial charge < -0.3 is 14.2 Å². The molecular formula is C31H52O6. The highest BCUT2D eigenvalue weighted by molar-refractivity contribution is 5.88. The highest BCUT2D eigenvalue weighted by atomic mass is 16.6. The van der Waals surface area contributed by atoms with Crippen molar-refractivity contribution in [3.8, 4) is 0 Å². The summed E-state index contributed by atoms with van der Waals surface area (Å²) in [6, 6.07) is 0. The van der Waals surface area contributed by atoms with E-state index in [1.165, 1.54) is 51.4 Å². The van der Waals surface area contributed by atoms with Crippen LogP contribution in [0.3, 0.4) is 0 Å². The average molecular weight is 521 g/mol. The first-order valence-corrected chi connectivity index (χ1v) is 14.3. The molecule has 0 amide bonds. The van der Waals surface area contributed by atoms with Crippen LogP contribution < -0.4 is 0 Å². The number of ether oxygens (including phenoxy) is 3. The summed E-state index contributed by atoms with van der Waals surface area (Å²) in [7, 11) is 0. The summed E-state index contributed by atoms with van der Waals surface area (Å²) in [5.74, 6) is -1.36. The number of carbonyl (C=O) groups excluding carboxylic acids is 3. The Morgan fingerprint density at radius 1 is 0.649 bits per heavy atom. The van der Waals surface area contributed by atoms with E-state index in [4.69, 9.17) is 14.2 Å². The van der Waals surface area contributed by atoms with Crippen molar-refractivity contribution in [1.82, 2.24) is 0 Å². The van der Waals surface area contributed by atoms with Crippen LogP contribution in [0.1, 0.15) is 125 Å². The predicted octanol–water partition coefficient (Wildman–Crippen LogP) is 7.95. The minimum atomic E-state index is -0.853. The van der Waals surface area contributed by atoms with Gasteiger partial charge in [0.15, 0.2) is 6.10 Å². The van der Waals surface area contributed by atoms with Crippen LogP contribution in [0.2, 0.25) is 0 Å². The van der Waals surface area contributed by atoms with Gasteiger partial charge in [-0.25, -0.2) is 9.59 Å². The van der Waals surface area contributed by atoms with Crippen molar-refractivity contribution in [2.24, 2.45) is 0 Å². The van der Waals surface area contributed by atoms with E-state index in [1.54, 1.807) is 39.8 Å². The van der Waals surface area contributed by atoms with E-state index >= 15 is 0 Å². The Labute approximate surface area is 225 Å². The molecule has 0 aromatic heterocycles. The van der Waals surface area contributed by atoms with Crippen LogP contribution in [-0.2, 0) is 28.6 Å². The van der Waals surface area contributed by atoms with E-state index in [1.807, 2.05) is 0 Å². The fourth-order valence-electron chi connectivity index (χ4n) is 3.48. The molecule has 0 radical (unpaired) electrons. The summed E-state index contributed by atoms with van der Waals surface area (Å²) >= 11 is 0. The summed E-state index contributed by atoms with van der Waals surface area (Å²) in [5, 5.41) is 0. The van der Waals surface area contributed by atoms with Crippen molar-refractivity contribution in [3.63, 3.8) is 0 Å². The zero-order valence-corrected chi connectivity index (χ0v) is 24.1. The van der Waals surface area contributed by atoms with Crippen molar-refractivity contribution in [1.29, 1.82) is 0 Å². The Morgan fingerprint density at radius 3 is 1.70 bits per heavy atom. The van der Waals surface area contributed by atoms with Gasteiger partial charge in [0.25, 0.3) is 0 Å². The first kappa shape index (κ1) is 34.6. The van der Waals surface area contributed by atoms with Gasteiger partial charge in [-0.2, -0.15) is 0 Å². The molecule has 0 aromatic carbocycles. The average Bonchev–Trinajstić information content (AvgIpc) is 2.90. The highest BCUT2D eigenvalue weighted by Gasteiger charge is 2.20. The summed E-state index contributed by atoms with van der Waals surface area (Å²) in [6.07, 6.45) is 22.9. The number of hydrogen-bond donors (Lipinski definition) is 0. The van der Waals surface area contributed by atoms with Crippen LogP contribution in [0.15, 0.2) is 35.5 Å². The molecule has 0 heterocycles. The smallest absolute Gasteiger partial charge is 0.333 e. The van der Waals surface area contributed by atoms with E-state index in [2.05, 4.69) is 19.1 Å². The standard InChI is InChI=1S/C31H52O6/c1-6-9-10-11-12-13-14-15-16-17-18-19-20-21-22-23-29(32)35-24-28(37-31(34)27(5)8-3)25-36-30(33)26(4)7-2/h7-8,15-16,28H,6,9-14,17-25H2,1-5H3/b16-15-,26-7+,27-8+/t28-/m1/s1. The Balaban J connectivity index is 4.05. The third-order valence-electron chi connectivity index (χ3n) is 6.26. The quantitative estimate of drug-likeness (QED) is 0.0474. The van der Waals surface area contributed by atoms with Crippen LogP contribution in [0.25, 0.3) is 0 Å². The fourth-order valence-corrected chi connectivity index (χ4v) is 3.48. The van der Waals surface area contributed by atoms with E-state index in [0.717, 1.165) is 32.1 Å². The van der Waals surface area contributed by atoms with E-state index in [-0.39, 0.29) is 19.2 Å². The van der Waals surface area contributed by atoms with Crippen LogP contribution in [-0.4, -0.2) is 37.2 Å². The molecule has 0 aromatic rings. The van der Waals surface area contributed by atoms with Crippen LogP contribution in [0, 0.1) is 0 Å². The molecule has 0 aliphatic carbocycles. The van der Waals surface area contributed by atoms with Crippen LogP contribution >= 0.6 is 0 Å². The van der Waals surface area contributed by atoms with Crippen LogP contribution in [0.5, 0.6) is 0 Å². The topological polar surface area (TPSA) is 78.9 Å². The lowest BCUT2D eigenvalue weighted by atomic mass is 10.1. The second-order valence-electron chi connectivity index (χ2n) is 9.59. The van der Waals surface area contributed by atoms with E-state index in [0.29, 0.717) is 17.6 Å². The molecule has 0 spiro atoms. The maximum absolute atomic E-state index is 12.1. The van der Waals surface area contributed by atoms with Crippen molar-refractivity contribution < 1.29 is 28.6 Å². The molecule has 6 nitrogen and oxygen atoms in total. The number of unbranched alkanes of at least 4 members (excludes halogenated alkanes) is 11. The molecule has 0 N–H and O–H groups in total. The molecule has 0 bridgehead atoms. The van der Waals surface area contributed by atoms with Crippen molar-refractivity contribution in [3.05, 3.63) is 35.5 Å². The molecule has 0 saturated carbocycles. The molecule has 212 valence electrons. The zero-order chi connectivity index (χ0) is 27.7. The number of esters is 3. The van der Waals surface area contributed by atoms with Gasteiger partial charge in [-0.3, -0.25) is 4.79 Å². The Kier molecular flexibility index (Phi) is 22.5. The third kappa shape index (κ3) is 20.4. The van der Waals surface area contributed by atoms with Gasteiger partial charge in [-0.15, -0.1) is 0 Å². The van der Waals surface area contributed by atoms with Crippen molar-refractivity contribution in [2.45, 2.75) is 131 Å². The highest BCUT2D eigenvalue weighted by Crippen LogP contribution is 2.11. The van der Waals surface area contributed by atoms with Gasteiger partial charge in [0.05, 0.1) is 0 Å². The molecular weight excluding hydrogens is 468 g/mol. The molecule has 37 heavy (non-hydrogen) atoms. The SMILES string of the molecule is C/C=C(\C)C(=O)OC[C@@H](COC(=O)CCCCCCC/C=C\CCCCCCCC)OC(=O)/C(C)=C/C. The first-order chi connectivity index (χ1) is 17.8. The molecule has 0 rings (SSSR count). The second kappa shape index (κ2) is 24.0. The second-order valence-corrected chi connectivity index (χ2v) is 9.59. The molecule has 0 saturated heterocycles. The first-order valence-electron chi connectivity index (χ1n) is 14.3. The van der Waals surface area contributed by atoms with Gasteiger partial charge in [-0.1, -0.05) is 82.6 Å². The number of rotatable bonds is 22. The number of carbonyl (C=O) groups is 3. The maximum Gasteiger partial charge on any atom is 0.333 e. The predicted molar refractivity (Wildman–Crippen MR) is 150 cm³/mol. The van der Waals surface area contributed by atoms with Gasteiger partial charge in [0.1, 0.15) is 13.2 Å². The normalized spacial score (nSPS) is 13.0. The van der Waals surface area contributed by atoms with E-state index in [9.17, 15) is 14.4 Å². The monoisotopic (exact) mass is 520 g/mol. The number of hydrogen-bond acceptors (Lipinski definition) is 6. The fraction of sp³-hybridized carbons (Fsp3) is 0.710. The molecule has 0 fully saturated rings. The minimum absolute atomic E-state index is 0.144. The minimum Gasteiger partial charge on any atom is -0.462 e. The summed E-state index contributed by atoms with van der Waals surface area (Å²) < 4.78 is 15.9. The molecule has 6 heteroatoms. The van der Waals surface area contributed by atoms with Gasteiger partial charge >= 0.3 is 17.9 Å². The zero-order valence-electron chi connectivity index (χ0n) is 24.1. The van der Waals surface area contributed by atoms with Gasteiger partial charge in [0.2, 0.25) is 0 Å². The Hall–Kier alpha value is -2.37. The lowest BCUT2D eigenvalue weighted by Crippen LogP contribution is -2.31. The van der Waals surface area contributed by atoms with Crippen LogP contribution in [0.4, 0.5) is 0 Å². The van der Waals surface area contributed by atoms with Gasteiger partial charge in [-0.05, 0) is 59.8 Å². The largest absolute Gasteiger partial charge is 0.462 e. The molecule has 0 aliphatic rings. The van der Waals surface area contributed by atoms with E-state index < -0.39 is 18.0 Å². The van der Waals surface area contributed by atoms with Crippen molar-refractivity contribution >= 4 is 17.9 Å². The number of allylic oxidation sites excluding steroid dienone is 4. The summed E-state index contributed by atoms with van der Waals surface area (Å²) in [4.78, 5) is 36.2. The third-order valence-corrected chi connectivity index (χ3v) is 6.26. The lowest BCUT2D eigenvalue weighted by molar-refractivity contribution is -0.163. The maximum atomic E-state index is 12.1. The van der Waals surface area contributed by atoms with Crippen molar-refractivity contribution in [2.75, 3.05) is 13.2 Å². The molecule has 0 unspecified atom stereocenters.